The fourth-order valence-electron chi connectivity index (χ4n) is 4.52. The molecule has 2 aromatic heterocycles. The Hall–Kier alpha value is -2.51. The second-order valence-corrected chi connectivity index (χ2v) is 8.13. The van der Waals surface area contributed by atoms with Gasteiger partial charge in [-0.2, -0.15) is 0 Å². The topological polar surface area (TPSA) is 91.4 Å². The Bertz CT molecular complexity index is 927. The molecule has 2 saturated heterocycles. The van der Waals surface area contributed by atoms with Crippen molar-refractivity contribution in [2.45, 2.75) is 31.7 Å². The molecule has 29 heavy (non-hydrogen) atoms. The van der Waals surface area contributed by atoms with Crippen LogP contribution in [-0.4, -0.2) is 67.0 Å². The van der Waals surface area contributed by atoms with E-state index in [4.69, 9.17) is 20.9 Å². The van der Waals surface area contributed by atoms with Crippen LogP contribution in [0.15, 0.2) is 24.4 Å². The number of hydrogen-bond acceptors (Lipinski definition) is 7. The van der Waals surface area contributed by atoms with Gasteiger partial charge in [0.25, 0.3) is 0 Å². The maximum absolute atomic E-state index is 7.39. The summed E-state index contributed by atoms with van der Waals surface area (Å²) < 4.78 is 5.63. The van der Waals surface area contributed by atoms with Gasteiger partial charge in [0.2, 0.25) is 0 Å². The molecule has 0 saturated carbocycles. The lowest BCUT2D eigenvalue weighted by Crippen LogP contribution is -2.44. The molecule has 0 spiro atoms. The first-order valence-electron chi connectivity index (χ1n) is 10.4. The minimum Gasteiger partial charge on any atom is -0.397 e. The summed E-state index contributed by atoms with van der Waals surface area (Å²) in [6.45, 7) is 6.60. The Morgan fingerprint density at radius 1 is 1.38 bits per heavy atom. The van der Waals surface area contributed by atoms with E-state index >= 15 is 0 Å². The lowest BCUT2D eigenvalue weighted by Gasteiger charge is -2.36. The molecule has 1 unspecified atom stereocenters. The molecule has 2 aliphatic rings. The summed E-state index contributed by atoms with van der Waals surface area (Å²) in [7, 11) is 2.19. The number of morpholine rings is 1. The zero-order chi connectivity index (χ0) is 20.4. The first-order chi connectivity index (χ1) is 14.1. The van der Waals surface area contributed by atoms with Crippen molar-refractivity contribution in [3.05, 3.63) is 35.7 Å². The molecule has 7 heteroatoms. The molecule has 0 radical (unpaired) electrons. The highest BCUT2D eigenvalue weighted by atomic mass is 16.5. The van der Waals surface area contributed by atoms with Gasteiger partial charge in [-0.1, -0.05) is 0 Å². The number of likely N-dealkylation sites (N-methyl/N-ethyl adjacent to an activating group) is 1. The van der Waals surface area contributed by atoms with Gasteiger partial charge in [-0.15, -0.1) is 0 Å². The van der Waals surface area contributed by atoms with E-state index in [0.717, 1.165) is 36.4 Å². The van der Waals surface area contributed by atoms with Crippen molar-refractivity contribution < 1.29 is 4.74 Å². The fourth-order valence-corrected chi connectivity index (χ4v) is 4.52. The van der Waals surface area contributed by atoms with E-state index in [9.17, 15) is 0 Å². The minimum absolute atomic E-state index is 0.269. The van der Waals surface area contributed by atoms with Crippen molar-refractivity contribution >= 4 is 28.6 Å². The molecule has 4 heterocycles. The van der Waals surface area contributed by atoms with E-state index in [-0.39, 0.29) is 6.04 Å². The van der Waals surface area contributed by atoms with E-state index in [1.54, 1.807) is 12.3 Å². The molecule has 0 aliphatic carbocycles. The zero-order valence-electron chi connectivity index (χ0n) is 17.3. The average molecular weight is 395 g/mol. The van der Waals surface area contributed by atoms with E-state index < -0.39 is 0 Å². The quantitative estimate of drug-likeness (QED) is 0.775. The van der Waals surface area contributed by atoms with Gasteiger partial charge in [0, 0.05) is 30.9 Å². The number of ether oxygens (including phenoxy) is 1. The molecule has 0 bridgehead atoms. The third-order valence-corrected chi connectivity index (χ3v) is 6.01. The van der Waals surface area contributed by atoms with Crippen LogP contribution in [0.5, 0.6) is 0 Å². The summed E-state index contributed by atoms with van der Waals surface area (Å²) >= 11 is 0. The highest BCUT2D eigenvalue weighted by molar-refractivity contribution is 5.94. The maximum Gasteiger partial charge on any atom is 0.130 e. The predicted octanol–water partition coefficient (Wildman–Crippen LogP) is 2.61. The van der Waals surface area contributed by atoms with E-state index in [1.807, 2.05) is 0 Å². The van der Waals surface area contributed by atoms with Gasteiger partial charge in [0.1, 0.15) is 17.0 Å². The summed E-state index contributed by atoms with van der Waals surface area (Å²) in [5, 5.41) is 8.50. The number of pyridine rings is 2. The Labute approximate surface area is 172 Å². The summed E-state index contributed by atoms with van der Waals surface area (Å²) in [5.74, 6) is 1.42. The molecule has 4 rings (SSSR count). The molecule has 2 fully saturated rings. The van der Waals surface area contributed by atoms with Crippen LogP contribution >= 0.6 is 0 Å². The molecule has 154 valence electrons. The van der Waals surface area contributed by atoms with Gasteiger partial charge >= 0.3 is 0 Å². The summed E-state index contributed by atoms with van der Waals surface area (Å²) in [6, 6.07) is 4.60. The van der Waals surface area contributed by atoms with Crippen LogP contribution in [0, 0.1) is 5.41 Å². The lowest BCUT2D eigenvalue weighted by molar-refractivity contribution is 0.0985. The van der Waals surface area contributed by atoms with Crippen molar-refractivity contribution in [2.75, 3.05) is 44.8 Å². The van der Waals surface area contributed by atoms with Crippen LogP contribution in [-0.2, 0) is 4.74 Å². The Morgan fingerprint density at radius 3 is 3.00 bits per heavy atom. The lowest BCUT2D eigenvalue weighted by atomic mass is 9.88. The number of anilines is 1. The number of likely N-dealkylation sites (tertiary alicyclic amines) is 1. The second-order valence-electron chi connectivity index (χ2n) is 8.13. The van der Waals surface area contributed by atoms with Gasteiger partial charge in [-0.05, 0) is 63.0 Å². The third kappa shape index (κ3) is 3.97. The van der Waals surface area contributed by atoms with E-state index in [2.05, 4.69) is 40.9 Å². The first-order valence-corrected chi connectivity index (χ1v) is 10.4. The number of rotatable bonds is 4. The summed E-state index contributed by atoms with van der Waals surface area (Å²) in [6.07, 6.45) is 6.94. The van der Waals surface area contributed by atoms with Crippen molar-refractivity contribution in [1.29, 1.82) is 5.41 Å². The third-order valence-electron chi connectivity index (χ3n) is 6.01. The van der Waals surface area contributed by atoms with Crippen LogP contribution in [0.25, 0.3) is 16.6 Å². The minimum atomic E-state index is 0.269. The molecule has 2 aliphatic heterocycles. The maximum atomic E-state index is 7.39. The van der Waals surface area contributed by atoms with Gasteiger partial charge < -0.3 is 25.7 Å². The highest BCUT2D eigenvalue weighted by Gasteiger charge is 2.26. The van der Waals surface area contributed by atoms with Crippen LogP contribution < -0.4 is 10.6 Å². The predicted molar refractivity (Wildman–Crippen MR) is 118 cm³/mol. The number of piperidine rings is 1. The molecule has 0 amide bonds. The molecule has 7 nitrogen and oxygen atoms in total. The fraction of sp³-hybridized carbons (Fsp3) is 0.500. The van der Waals surface area contributed by atoms with Gasteiger partial charge in [0.05, 0.1) is 25.0 Å². The second kappa shape index (κ2) is 8.47. The largest absolute Gasteiger partial charge is 0.397 e. The van der Waals surface area contributed by atoms with E-state index in [0.29, 0.717) is 30.5 Å². The number of fused-ring (bicyclic) bond motifs is 1. The van der Waals surface area contributed by atoms with E-state index in [1.165, 1.54) is 24.6 Å². The smallest absolute Gasteiger partial charge is 0.130 e. The first kappa shape index (κ1) is 19.8. The number of nitrogens with one attached hydrogen (secondary N) is 1. The highest BCUT2D eigenvalue weighted by Crippen LogP contribution is 2.35. The molecule has 3 N–H and O–H groups in total. The van der Waals surface area contributed by atoms with Crippen molar-refractivity contribution in [2.24, 2.45) is 5.73 Å². The number of nitrogens with two attached hydrogens (primary N) is 1. The molecule has 0 aromatic carbocycles. The monoisotopic (exact) mass is 394 g/mol. The zero-order valence-corrected chi connectivity index (χ0v) is 17.3. The van der Waals surface area contributed by atoms with Gasteiger partial charge in [-0.25, -0.2) is 4.98 Å². The van der Waals surface area contributed by atoms with Crippen LogP contribution in [0.1, 0.15) is 36.9 Å². The van der Waals surface area contributed by atoms with Crippen LogP contribution in [0.3, 0.4) is 0 Å². The summed E-state index contributed by atoms with van der Waals surface area (Å²) in [5.41, 5.74) is 9.51. The Balaban J connectivity index is 1.90. The molecular formula is C22H30N6O. The number of allylic oxidation sites excluding steroid dienone is 1. The number of hydrogen-bond donors (Lipinski definition) is 2. The van der Waals surface area contributed by atoms with Crippen molar-refractivity contribution in [1.82, 2.24) is 14.9 Å². The van der Waals surface area contributed by atoms with Crippen LogP contribution in [0.2, 0.25) is 0 Å². The Kier molecular flexibility index (Phi) is 5.78. The SMILES string of the molecule is C[C@@H]1COCCN1c1cc(C2CCCN(C)C2)c2ccnc(/C(N)=C/C=N)c2n1. The molecular weight excluding hydrogens is 364 g/mol. The molecule has 2 aromatic rings. The standard InChI is InChI=1S/C22H30N6O/c1-15-14-29-11-10-28(15)20-12-18(16-4-3-9-27(2)13-16)17-6-8-25-22(21(17)26-20)19(24)5-7-23/h5-8,12,15-16,23H,3-4,9-11,13-14,24H2,1-2H3/b19-5-,23-7?/t15-,16?/m1/s1. The number of nitrogens with zero attached hydrogens (tertiary/aromatic N) is 4. The average Bonchev–Trinajstić information content (AvgIpc) is 2.73. The Morgan fingerprint density at radius 2 is 2.24 bits per heavy atom. The normalized spacial score (nSPS) is 24.1. The van der Waals surface area contributed by atoms with Crippen LogP contribution in [0.4, 0.5) is 5.82 Å². The van der Waals surface area contributed by atoms with Gasteiger partial charge in [-0.3, -0.25) is 4.98 Å². The summed E-state index contributed by atoms with van der Waals surface area (Å²) in [4.78, 5) is 14.3. The number of aromatic nitrogens is 2. The molecule has 2 atom stereocenters. The van der Waals surface area contributed by atoms with Gasteiger partial charge in [0.15, 0.2) is 0 Å². The van der Waals surface area contributed by atoms with Crippen molar-refractivity contribution in [3.8, 4) is 0 Å². The van der Waals surface area contributed by atoms with Crippen molar-refractivity contribution in [3.63, 3.8) is 0 Å².